The number of halogens is 1. The molecule has 0 fully saturated rings. The predicted octanol–water partition coefficient (Wildman–Crippen LogP) is 8.47. The van der Waals surface area contributed by atoms with Crippen LogP contribution >= 0.6 is 11.6 Å². The Labute approximate surface area is 201 Å². The monoisotopic (exact) mass is 455 g/mol. The molecule has 2 aromatic rings. The van der Waals surface area contributed by atoms with E-state index in [0.717, 1.165) is 46.1 Å². The van der Waals surface area contributed by atoms with E-state index in [4.69, 9.17) is 11.6 Å². The van der Waals surface area contributed by atoms with Gasteiger partial charge in [-0.15, -0.1) is 0 Å². The van der Waals surface area contributed by atoms with E-state index in [-0.39, 0.29) is 5.78 Å². The molecule has 0 radical (unpaired) electrons. The third-order valence-corrected chi connectivity index (χ3v) is 7.43. The molecule has 1 aromatic carbocycles. The molecule has 0 bridgehead atoms. The van der Waals surface area contributed by atoms with Gasteiger partial charge in [0.1, 0.15) is 0 Å². The van der Waals surface area contributed by atoms with Gasteiger partial charge >= 0.3 is 0 Å². The van der Waals surface area contributed by atoms with Crippen molar-refractivity contribution in [3.63, 3.8) is 0 Å². The first-order valence-electron chi connectivity index (χ1n) is 11.9. The summed E-state index contributed by atoms with van der Waals surface area (Å²) >= 11 is 6.18. The lowest BCUT2D eigenvalue weighted by Gasteiger charge is -2.16. The molecule has 0 aliphatic heterocycles. The van der Waals surface area contributed by atoms with E-state index in [2.05, 4.69) is 63.5 Å². The molecule has 0 spiro atoms. The fourth-order valence-corrected chi connectivity index (χ4v) is 5.62. The lowest BCUT2D eigenvalue weighted by atomic mass is 9.89. The van der Waals surface area contributed by atoms with Crippen molar-refractivity contribution in [2.75, 3.05) is 0 Å². The van der Waals surface area contributed by atoms with E-state index >= 15 is 0 Å². The number of aromatic nitrogens is 1. The van der Waals surface area contributed by atoms with Crippen LogP contribution < -0.4 is 0 Å². The summed E-state index contributed by atoms with van der Waals surface area (Å²) in [4.78, 5) is 13.3. The molecule has 1 heterocycles. The maximum Gasteiger partial charge on any atom is 0.165 e. The number of carbonyl (C=O) groups is 1. The average molecular weight is 456 g/mol. The second-order valence-corrected chi connectivity index (χ2v) is 10.2. The van der Waals surface area contributed by atoms with E-state index in [0.29, 0.717) is 12.3 Å². The third kappa shape index (κ3) is 3.52. The number of benzene rings is 1. The number of carbonyl (C=O) groups excluding carboxylic acids is 1. The summed E-state index contributed by atoms with van der Waals surface area (Å²) in [6.45, 7) is 11.0. The molecule has 0 N–H and O–H groups in total. The van der Waals surface area contributed by atoms with Gasteiger partial charge in [0, 0.05) is 39.6 Å². The molecule has 168 valence electrons. The van der Waals surface area contributed by atoms with E-state index in [9.17, 15) is 4.79 Å². The van der Waals surface area contributed by atoms with Crippen LogP contribution in [0.5, 0.6) is 0 Å². The first kappa shape index (κ1) is 22.0. The summed E-state index contributed by atoms with van der Waals surface area (Å²) in [5.41, 5.74) is 12.9. The topological polar surface area (TPSA) is 22.0 Å². The molecular formula is C30H30ClNO. The van der Waals surface area contributed by atoms with Crippen LogP contribution in [0.1, 0.15) is 71.0 Å². The first-order chi connectivity index (χ1) is 15.8. The number of hydrogen-bond donors (Lipinski definition) is 0. The third-order valence-electron chi connectivity index (χ3n) is 7.18. The van der Waals surface area contributed by atoms with Crippen molar-refractivity contribution >= 4 is 17.4 Å². The highest BCUT2D eigenvalue weighted by Crippen LogP contribution is 2.47. The molecule has 33 heavy (non-hydrogen) atoms. The molecule has 0 atom stereocenters. The quantitative estimate of drug-likeness (QED) is 0.303. The van der Waals surface area contributed by atoms with Crippen LogP contribution in [0.15, 0.2) is 48.5 Å². The second kappa shape index (κ2) is 8.18. The number of Topliss-reactive ketones (excluding diaryl/α,β-unsaturated/α-hetero) is 1. The average Bonchev–Trinajstić information content (AvgIpc) is 3.17. The molecule has 3 aliphatic carbocycles. The van der Waals surface area contributed by atoms with Crippen LogP contribution in [-0.4, -0.2) is 10.4 Å². The highest BCUT2D eigenvalue weighted by atomic mass is 35.5. The Morgan fingerprint density at radius 2 is 1.55 bits per heavy atom. The van der Waals surface area contributed by atoms with Crippen LogP contribution in [0, 0.1) is 20.8 Å². The SMILES string of the molecule is Cc1cc(-c2c3c(n(-c4ccc(Cl)cc4)c2C)CCCC3=O)c2c(C)ccc(C(C)C)cc1-2. The van der Waals surface area contributed by atoms with Crippen molar-refractivity contribution in [3.05, 3.63) is 87.2 Å². The Hall–Kier alpha value is -2.84. The molecule has 0 saturated heterocycles. The fourth-order valence-electron chi connectivity index (χ4n) is 5.49. The van der Waals surface area contributed by atoms with Crippen molar-refractivity contribution in [2.24, 2.45) is 0 Å². The second-order valence-electron chi connectivity index (χ2n) is 9.72. The minimum atomic E-state index is 0.259. The van der Waals surface area contributed by atoms with Crippen molar-refractivity contribution in [1.29, 1.82) is 0 Å². The molecule has 0 amide bonds. The van der Waals surface area contributed by atoms with Crippen LogP contribution in [0.2, 0.25) is 5.02 Å². The van der Waals surface area contributed by atoms with Gasteiger partial charge in [0.25, 0.3) is 0 Å². The number of hydrogen-bond acceptors (Lipinski definition) is 1. The first-order valence-corrected chi connectivity index (χ1v) is 12.2. The molecule has 3 aliphatic rings. The van der Waals surface area contributed by atoms with Crippen molar-refractivity contribution in [3.8, 4) is 27.9 Å². The Morgan fingerprint density at radius 3 is 2.24 bits per heavy atom. The van der Waals surface area contributed by atoms with Crippen molar-refractivity contribution in [1.82, 2.24) is 4.57 Å². The zero-order valence-electron chi connectivity index (χ0n) is 20.1. The zero-order chi connectivity index (χ0) is 23.4. The summed E-state index contributed by atoms with van der Waals surface area (Å²) in [5, 5.41) is 0.718. The predicted molar refractivity (Wildman–Crippen MR) is 138 cm³/mol. The molecule has 0 saturated carbocycles. The van der Waals surface area contributed by atoms with Crippen LogP contribution in [0.3, 0.4) is 0 Å². The van der Waals surface area contributed by atoms with Gasteiger partial charge in [-0.05, 0) is 97.2 Å². The lowest BCUT2D eigenvalue weighted by molar-refractivity contribution is 0.0973. The Morgan fingerprint density at radius 1 is 0.818 bits per heavy atom. The van der Waals surface area contributed by atoms with E-state index in [1.165, 1.54) is 33.4 Å². The minimum absolute atomic E-state index is 0.259. The fraction of sp³-hybridized carbons (Fsp3) is 0.300. The van der Waals surface area contributed by atoms with Crippen LogP contribution in [-0.2, 0) is 6.42 Å². The number of fused-ring (bicyclic) bond motifs is 2. The largest absolute Gasteiger partial charge is 0.317 e. The summed E-state index contributed by atoms with van der Waals surface area (Å²) in [7, 11) is 0. The van der Waals surface area contributed by atoms with Crippen molar-refractivity contribution in [2.45, 2.75) is 59.8 Å². The number of nitrogens with zero attached hydrogens (tertiary/aromatic N) is 1. The van der Waals surface area contributed by atoms with E-state index in [1.807, 2.05) is 24.3 Å². The lowest BCUT2D eigenvalue weighted by Crippen LogP contribution is -2.13. The molecule has 2 nitrogen and oxygen atoms in total. The Bertz CT molecular complexity index is 1360. The van der Waals surface area contributed by atoms with E-state index < -0.39 is 0 Å². The standard InChI is InChI=1S/C30H30ClNO/c1-17(2)21-10-9-18(3)28-24(16-21)19(4)15-25(28)29-20(5)32(23-13-11-22(31)12-14-23)26-7-6-8-27(33)30(26)29/h9-17H,6-8H2,1-5H3. The minimum Gasteiger partial charge on any atom is -0.317 e. The Kier molecular flexibility index (Phi) is 5.45. The van der Waals surface area contributed by atoms with Gasteiger partial charge in [-0.1, -0.05) is 49.7 Å². The normalized spacial score (nSPS) is 13.7. The number of rotatable bonds is 3. The van der Waals surface area contributed by atoms with E-state index in [1.54, 1.807) is 0 Å². The summed E-state index contributed by atoms with van der Waals surface area (Å²) in [5.74, 6) is 0.717. The molecule has 3 heteroatoms. The van der Waals surface area contributed by atoms with Gasteiger partial charge in [0.05, 0.1) is 0 Å². The smallest absolute Gasteiger partial charge is 0.165 e. The number of aryl methyl sites for hydroxylation is 2. The summed E-state index contributed by atoms with van der Waals surface area (Å²) in [6, 6.07) is 17.1. The maximum absolute atomic E-state index is 13.3. The summed E-state index contributed by atoms with van der Waals surface area (Å²) < 4.78 is 2.28. The number of ketones is 1. The van der Waals surface area contributed by atoms with Crippen LogP contribution in [0.4, 0.5) is 0 Å². The molecular weight excluding hydrogens is 426 g/mol. The van der Waals surface area contributed by atoms with Crippen molar-refractivity contribution < 1.29 is 4.79 Å². The van der Waals surface area contributed by atoms with Gasteiger partial charge in [0.15, 0.2) is 5.78 Å². The molecule has 0 unspecified atom stereocenters. The Balaban J connectivity index is 1.83. The maximum atomic E-state index is 13.3. The van der Waals surface area contributed by atoms with Gasteiger partial charge in [-0.3, -0.25) is 4.79 Å². The summed E-state index contributed by atoms with van der Waals surface area (Å²) in [6.07, 6.45) is 2.42. The van der Waals surface area contributed by atoms with Gasteiger partial charge in [-0.2, -0.15) is 0 Å². The molecule has 1 aromatic heterocycles. The van der Waals surface area contributed by atoms with Gasteiger partial charge in [0.2, 0.25) is 0 Å². The molecule has 5 rings (SSSR count). The van der Waals surface area contributed by atoms with Gasteiger partial charge < -0.3 is 4.57 Å². The van der Waals surface area contributed by atoms with Gasteiger partial charge in [-0.25, -0.2) is 0 Å². The zero-order valence-corrected chi connectivity index (χ0v) is 20.8. The van der Waals surface area contributed by atoms with Crippen LogP contribution in [0.25, 0.3) is 27.9 Å². The highest BCUT2D eigenvalue weighted by molar-refractivity contribution is 6.30. The highest BCUT2D eigenvalue weighted by Gasteiger charge is 2.32.